The third kappa shape index (κ3) is 2.45. The largest absolute Gasteiger partial charge is 0.303 e. The fraction of sp³-hybridized carbons (Fsp3) is 0.650. The number of hydrogen-bond donors (Lipinski definition) is 0. The fourth-order valence-corrected chi connectivity index (χ4v) is 4.33. The Balaban J connectivity index is 2.17. The highest BCUT2D eigenvalue weighted by Gasteiger charge is 2.38. The SMILES string of the molecule is CC1(C)CCC(C)(C)c2cc3c(cc21)CCCC3CC=O. The van der Waals surface area contributed by atoms with Crippen LogP contribution < -0.4 is 0 Å². The molecule has 0 bridgehead atoms. The summed E-state index contributed by atoms with van der Waals surface area (Å²) < 4.78 is 0. The summed E-state index contributed by atoms with van der Waals surface area (Å²) in [5.41, 5.74) is 6.63. The van der Waals surface area contributed by atoms with Crippen LogP contribution in [-0.2, 0) is 22.0 Å². The van der Waals surface area contributed by atoms with Gasteiger partial charge in [-0.2, -0.15) is 0 Å². The molecular weight excluding hydrogens is 256 g/mol. The maximum absolute atomic E-state index is 11.0. The third-order valence-corrected chi connectivity index (χ3v) is 5.93. The molecule has 1 aromatic rings. The Labute approximate surface area is 129 Å². The first-order valence-corrected chi connectivity index (χ1v) is 8.46. The minimum absolute atomic E-state index is 0.267. The summed E-state index contributed by atoms with van der Waals surface area (Å²) in [5, 5.41) is 0. The smallest absolute Gasteiger partial charge is 0.120 e. The van der Waals surface area contributed by atoms with E-state index < -0.39 is 0 Å². The Kier molecular flexibility index (Phi) is 3.50. The van der Waals surface area contributed by atoms with Gasteiger partial charge in [0, 0.05) is 6.42 Å². The molecule has 0 amide bonds. The number of aryl methyl sites for hydroxylation is 1. The molecule has 0 heterocycles. The highest BCUT2D eigenvalue weighted by Crippen LogP contribution is 2.48. The van der Waals surface area contributed by atoms with Crippen molar-refractivity contribution < 1.29 is 4.79 Å². The van der Waals surface area contributed by atoms with Crippen molar-refractivity contribution in [1.29, 1.82) is 0 Å². The van der Waals surface area contributed by atoms with E-state index in [4.69, 9.17) is 0 Å². The van der Waals surface area contributed by atoms with Crippen molar-refractivity contribution in [2.75, 3.05) is 0 Å². The van der Waals surface area contributed by atoms with Crippen LogP contribution in [0.2, 0.25) is 0 Å². The van der Waals surface area contributed by atoms with Gasteiger partial charge in [-0.15, -0.1) is 0 Å². The fourth-order valence-electron chi connectivity index (χ4n) is 4.33. The number of hydrogen-bond acceptors (Lipinski definition) is 1. The normalized spacial score (nSPS) is 25.8. The van der Waals surface area contributed by atoms with Crippen molar-refractivity contribution in [3.8, 4) is 0 Å². The topological polar surface area (TPSA) is 17.1 Å². The summed E-state index contributed by atoms with van der Waals surface area (Å²) in [5.74, 6) is 0.456. The minimum Gasteiger partial charge on any atom is -0.303 e. The molecule has 0 N–H and O–H groups in total. The molecule has 0 spiro atoms. The molecule has 1 aromatic carbocycles. The predicted molar refractivity (Wildman–Crippen MR) is 88.1 cm³/mol. The van der Waals surface area contributed by atoms with Crippen LogP contribution in [0.5, 0.6) is 0 Å². The Hall–Kier alpha value is -1.11. The Morgan fingerprint density at radius 3 is 2.33 bits per heavy atom. The van der Waals surface area contributed by atoms with E-state index in [9.17, 15) is 4.79 Å². The van der Waals surface area contributed by atoms with E-state index in [-0.39, 0.29) is 10.8 Å². The monoisotopic (exact) mass is 284 g/mol. The van der Waals surface area contributed by atoms with Gasteiger partial charge in [-0.3, -0.25) is 0 Å². The maximum atomic E-state index is 11.0. The average Bonchev–Trinajstić information content (AvgIpc) is 2.44. The standard InChI is InChI=1S/C20H28O/c1-19(2)9-10-20(3,4)18-13-16-14(8-11-21)6-5-7-15(16)12-17(18)19/h11-14H,5-10H2,1-4H3. The van der Waals surface area contributed by atoms with Crippen LogP contribution in [0.15, 0.2) is 12.1 Å². The van der Waals surface area contributed by atoms with E-state index in [0.29, 0.717) is 12.3 Å². The molecule has 21 heavy (non-hydrogen) atoms. The molecule has 1 heteroatoms. The summed E-state index contributed by atoms with van der Waals surface area (Å²) in [6, 6.07) is 4.96. The highest BCUT2D eigenvalue weighted by molar-refractivity contribution is 5.55. The predicted octanol–water partition coefficient (Wildman–Crippen LogP) is 5.04. The molecule has 2 aliphatic carbocycles. The van der Waals surface area contributed by atoms with Gasteiger partial charge in [0.05, 0.1) is 0 Å². The molecule has 1 unspecified atom stereocenters. The molecule has 0 fully saturated rings. The van der Waals surface area contributed by atoms with Crippen LogP contribution in [0.4, 0.5) is 0 Å². The molecule has 114 valence electrons. The van der Waals surface area contributed by atoms with Gasteiger partial charge in [-0.1, -0.05) is 39.8 Å². The van der Waals surface area contributed by atoms with Crippen molar-refractivity contribution >= 4 is 6.29 Å². The van der Waals surface area contributed by atoms with Gasteiger partial charge in [0.2, 0.25) is 0 Å². The second-order valence-electron chi connectivity index (χ2n) is 8.36. The summed E-state index contributed by atoms with van der Waals surface area (Å²) in [4.78, 5) is 11.0. The molecule has 2 aliphatic rings. The number of aldehydes is 1. The second kappa shape index (κ2) is 4.97. The zero-order valence-electron chi connectivity index (χ0n) is 14.0. The molecule has 0 radical (unpaired) electrons. The Morgan fingerprint density at radius 2 is 1.71 bits per heavy atom. The zero-order chi connectivity index (χ0) is 15.3. The molecule has 0 saturated carbocycles. The maximum Gasteiger partial charge on any atom is 0.120 e. The molecular formula is C20H28O. The zero-order valence-corrected chi connectivity index (χ0v) is 14.0. The van der Waals surface area contributed by atoms with E-state index >= 15 is 0 Å². The quantitative estimate of drug-likeness (QED) is 0.695. The second-order valence-corrected chi connectivity index (χ2v) is 8.36. The van der Waals surface area contributed by atoms with Gasteiger partial charge >= 0.3 is 0 Å². The highest BCUT2D eigenvalue weighted by atomic mass is 16.1. The number of carbonyl (C=O) groups excluding carboxylic acids is 1. The van der Waals surface area contributed by atoms with Gasteiger partial charge in [0.1, 0.15) is 6.29 Å². The number of fused-ring (bicyclic) bond motifs is 2. The van der Waals surface area contributed by atoms with Crippen LogP contribution in [0, 0.1) is 0 Å². The number of rotatable bonds is 2. The van der Waals surface area contributed by atoms with Crippen LogP contribution in [0.3, 0.4) is 0 Å². The van der Waals surface area contributed by atoms with Crippen molar-refractivity contribution in [2.45, 2.75) is 83.0 Å². The molecule has 0 aromatic heterocycles. The number of benzene rings is 1. The van der Waals surface area contributed by atoms with Crippen molar-refractivity contribution in [3.05, 3.63) is 34.4 Å². The van der Waals surface area contributed by atoms with Crippen LogP contribution in [0.25, 0.3) is 0 Å². The van der Waals surface area contributed by atoms with Crippen molar-refractivity contribution in [3.63, 3.8) is 0 Å². The van der Waals surface area contributed by atoms with E-state index in [1.807, 2.05) is 0 Å². The van der Waals surface area contributed by atoms with E-state index in [2.05, 4.69) is 39.8 Å². The van der Waals surface area contributed by atoms with Crippen LogP contribution in [-0.4, -0.2) is 6.29 Å². The van der Waals surface area contributed by atoms with E-state index in [1.165, 1.54) is 48.8 Å². The van der Waals surface area contributed by atoms with Crippen molar-refractivity contribution in [2.24, 2.45) is 0 Å². The summed E-state index contributed by atoms with van der Waals surface area (Å²) >= 11 is 0. The summed E-state index contributed by atoms with van der Waals surface area (Å²) in [6.45, 7) is 9.54. The first-order chi connectivity index (χ1) is 9.85. The Morgan fingerprint density at radius 1 is 1.10 bits per heavy atom. The van der Waals surface area contributed by atoms with Gasteiger partial charge in [-0.25, -0.2) is 0 Å². The molecule has 0 aliphatic heterocycles. The lowest BCUT2D eigenvalue weighted by Gasteiger charge is -2.43. The minimum atomic E-state index is 0.267. The molecule has 1 atom stereocenters. The molecule has 0 saturated heterocycles. The van der Waals surface area contributed by atoms with Gasteiger partial charge in [-0.05, 0) is 71.1 Å². The molecule has 3 rings (SSSR count). The van der Waals surface area contributed by atoms with Gasteiger partial charge < -0.3 is 4.79 Å². The molecule has 1 nitrogen and oxygen atoms in total. The lowest BCUT2D eigenvalue weighted by Crippen LogP contribution is -2.34. The summed E-state index contributed by atoms with van der Waals surface area (Å²) in [7, 11) is 0. The first-order valence-electron chi connectivity index (χ1n) is 8.46. The van der Waals surface area contributed by atoms with E-state index in [0.717, 1.165) is 6.29 Å². The van der Waals surface area contributed by atoms with Crippen molar-refractivity contribution in [1.82, 2.24) is 0 Å². The van der Waals surface area contributed by atoms with Gasteiger partial charge in [0.15, 0.2) is 0 Å². The lowest BCUT2D eigenvalue weighted by atomic mass is 9.61. The van der Waals surface area contributed by atoms with Crippen LogP contribution in [0.1, 0.15) is 88.0 Å². The first kappa shape index (κ1) is 14.8. The Bertz CT molecular complexity index is 565. The third-order valence-electron chi connectivity index (χ3n) is 5.93. The summed E-state index contributed by atoms with van der Waals surface area (Å²) in [6.07, 6.45) is 7.91. The number of carbonyl (C=O) groups is 1. The van der Waals surface area contributed by atoms with E-state index in [1.54, 1.807) is 5.56 Å². The van der Waals surface area contributed by atoms with Gasteiger partial charge in [0.25, 0.3) is 0 Å². The average molecular weight is 284 g/mol. The van der Waals surface area contributed by atoms with Crippen LogP contribution >= 0.6 is 0 Å². The lowest BCUT2D eigenvalue weighted by molar-refractivity contribution is -0.108.